The van der Waals surface area contributed by atoms with Crippen LogP contribution < -0.4 is 10.6 Å². The van der Waals surface area contributed by atoms with E-state index in [4.69, 9.17) is 5.11 Å². The fourth-order valence-electron chi connectivity index (χ4n) is 3.71. The molecule has 0 spiro atoms. The maximum atomic E-state index is 12.0. The molecule has 6 heteroatoms. The summed E-state index contributed by atoms with van der Waals surface area (Å²) in [7, 11) is 0. The number of rotatable bonds is 4. The molecule has 2 amide bonds. The topological polar surface area (TPSA) is 98.7 Å². The number of urea groups is 1. The quantitative estimate of drug-likeness (QED) is 0.635. The van der Waals surface area contributed by atoms with Crippen LogP contribution in [0.3, 0.4) is 0 Å². The molecule has 0 saturated heterocycles. The fourth-order valence-corrected chi connectivity index (χ4v) is 3.71. The van der Waals surface area contributed by atoms with Gasteiger partial charge in [0.1, 0.15) is 0 Å². The van der Waals surface area contributed by atoms with Crippen LogP contribution in [0.15, 0.2) is 0 Å². The second kappa shape index (κ2) is 6.22. The van der Waals surface area contributed by atoms with Gasteiger partial charge in [-0.3, -0.25) is 0 Å². The Hall–Kier alpha value is -1.30. The zero-order chi connectivity index (χ0) is 16.4. The number of hydrogen-bond acceptors (Lipinski definition) is 3. The summed E-state index contributed by atoms with van der Waals surface area (Å²) in [5.41, 5.74) is 0.270. The molecule has 0 aromatic rings. The molecule has 0 aliphatic heterocycles. The first kappa shape index (κ1) is 17.8. The van der Waals surface area contributed by atoms with Crippen LogP contribution in [0.2, 0.25) is 0 Å². The molecular formula is C15H28N2O4. The maximum Gasteiger partial charge on any atom is 0.328 e. The van der Waals surface area contributed by atoms with Gasteiger partial charge in [0.25, 0.3) is 0 Å². The van der Waals surface area contributed by atoms with Crippen molar-refractivity contribution in [2.45, 2.75) is 72.1 Å². The molecule has 1 saturated carbocycles. The minimum atomic E-state index is -1.30. The van der Waals surface area contributed by atoms with Gasteiger partial charge in [-0.1, -0.05) is 27.7 Å². The summed E-state index contributed by atoms with van der Waals surface area (Å²) in [5, 5.41) is 23.5. The number of carboxylic acids is 1. The number of aliphatic hydroxyl groups is 1. The molecule has 1 fully saturated rings. The Morgan fingerprint density at radius 2 is 1.62 bits per heavy atom. The average Bonchev–Trinajstić information content (AvgIpc) is 2.19. The first-order valence-corrected chi connectivity index (χ1v) is 7.40. The van der Waals surface area contributed by atoms with Crippen LogP contribution in [-0.2, 0) is 4.79 Å². The van der Waals surface area contributed by atoms with Crippen LogP contribution in [-0.4, -0.2) is 40.4 Å². The van der Waals surface area contributed by atoms with Gasteiger partial charge in [0.2, 0.25) is 0 Å². The van der Waals surface area contributed by atoms with Crippen molar-refractivity contribution in [1.29, 1.82) is 0 Å². The highest BCUT2D eigenvalue weighted by molar-refractivity contribution is 5.83. The van der Waals surface area contributed by atoms with Crippen LogP contribution in [0.25, 0.3) is 0 Å². The van der Waals surface area contributed by atoms with Gasteiger partial charge >= 0.3 is 12.0 Å². The van der Waals surface area contributed by atoms with E-state index in [2.05, 4.69) is 38.3 Å². The Morgan fingerprint density at radius 1 is 1.14 bits per heavy atom. The third-order valence-corrected chi connectivity index (χ3v) is 3.93. The highest BCUT2D eigenvalue weighted by Gasteiger charge is 2.39. The molecule has 1 aliphatic carbocycles. The molecule has 2 atom stereocenters. The molecule has 122 valence electrons. The van der Waals surface area contributed by atoms with Crippen molar-refractivity contribution in [3.8, 4) is 0 Å². The molecule has 0 aromatic heterocycles. The molecule has 2 unspecified atom stereocenters. The number of carboxylic acid groups (broad SMARTS) is 1. The van der Waals surface area contributed by atoms with E-state index in [0.29, 0.717) is 0 Å². The number of nitrogens with one attached hydrogen (secondary N) is 2. The van der Waals surface area contributed by atoms with E-state index in [0.717, 1.165) is 19.3 Å². The van der Waals surface area contributed by atoms with E-state index in [1.807, 2.05) is 0 Å². The van der Waals surface area contributed by atoms with Crippen molar-refractivity contribution in [1.82, 2.24) is 10.6 Å². The molecule has 21 heavy (non-hydrogen) atoms. The monoisotopic (exact) mass is 300 g/mol. The molecule has 1 aliphatic rings. The maximum absolute atomic E-state index is 12.0. The van der Waals surface area contributed by atoms with E-state index in [-0.39, 0.29) is 16.9 Å². The third kappa shape index (κ3) is 5.53. The third-order valence-electron chi connectivity index (χ3n) is 3.93. The largest absolute Gasteiger partial charge is 0.480 e. The lowest BCUT2D eigenvalue weighted by Gasteiger charge is -2.45. The van der Waals surface area contributed by atoms with E-state index in [9.17, 15) is 14.7 Å². The Labute approximate surface area is 126 Å². The molecule has 0 heterocycles. The van der Waals surface area contributed by atoms with Crippen molar-refractivity contribution in [3.63, 3.8) is 0 Å². The molecule has 0 radical (unpaired) electrons. The fraction of sp³-hybridized carbons (Fsp3) is 0.867. The standard InChI is InChI=1S/C15H28N2O4/c1-9(18)11(12(19)20)17-13(21)16-10-6-14(2,3)8-15(4,5)7-10/h9-11,18H,6-8H2,1-5H3,(H,19,20)(H2,16,17,21). The van der Waals surface area contributed by atoms with E-state index < -0.39 is 24.1 Å². The van der Waals surface area contributed by atoms with Crippen LogP contribution in [0.1, 0.15) is 53.9 Å². The van der Waals surface area contributed by atoms with E-state index in [1.54, 1.807) is 0 Å². The zero-order valence-electron chi connectivity index (χ0n) is 13.6. The van der Waals surface area contributed by atoms with Crippen molar-refractivity contribution >= 4 is 12.0 Å². The molecular weight excluding hydrogens is 272 g/mol. The van der Waals surface area contributed by atoms with Gasteiger partial charge in [0.05, 0.1) is 6.10 Å². The Balaban J connectivity index is 2.64. The first-order chi connectivity index (χ1) is 9.42. The zero-order valence-corrected chi connectivity index (χ0v) is 13.6. The lowest BCUT2D eigenvalue weighted by molar-refractivity contribution is -0.141. The second-order valence-electron chi connectivity index (χ2n) is 7.78. The Bertz CT molecular complexity index is 388. The number of carbonyl (C=O) groups is 2. The number of aliphatic carboxylic acids is 1. The highest BCUT2D eigenvalue weighted by atomic mass is 16.4. The SMILES string of the molecule is CC(O)C(NC(=O)NC1CC(C)(C)CC(C)(C)C1)C(=O)O. The van der Waals surface area contributed by atoms with Gasteiger partial charge < -0.3 is 20.8 Å². The normalized spacial score (nSPS) is 23.9. The van der Waals surface area contributed by atoms with Crippen LogP contribution >= 0.6 is 0 Å². The molecule has 4 N–H and O–H groups in total. The molecule has 0 aromatic carbocycles. The number of aliphatic hydroxyl groups excluding tert-OH is 1. The summed E-state index contributed by atoms with van der Waals surface area (Å²) >= 11 is 0. The summed E-state index contributed by atoms with van der Waals surface area (Å²) in [4.78, 5) is 22.9. The lowest BCUT2D eigenvalue weighted by Crippen LogP contribution is -2.55. The second-order valence-corrected chi connectivity index (χ2v) is 7.78. The van der Waals surface area contributed by atoms with Crippen LogP contribution in [0.4, 0.5) is 4.79 Å². The summed E-state index contributed by atoms with van der Waals surface area (Å²) in [6.45, 7) is 10.0. The first-order valence-electron chi connectivity index (χ1n) is 7.40. The van der Waals surface area contributed by atoms with E-state index >= 15 is 0 Å². The predicted molar refractivity (Wildman–Crippen MR) is 80.0 cm³/mol. The van der Waals surface area contributed by atoms with Crippen molar-refractivity contribution in [3.05, 3.63) is 0 Å². The smallest absolute Gasteiger partial charge is 0.328 e. The minimum Gasteiger partial charge on any atom is -0.480 e. The number of hydrogen-bond donors (Lipinski definition) is 4. The highest BCUT2D eigenvalue weighted by Crippen LogP contribution is 2.45. The number of carbonyl (C=O) groups excluding carboxylic acids is 1. The van der Waals surface area contributed by atoms with Crippen molar-refractivity contribution < 1.29 is 19.8 Å². The van der Waals surface area contributed by atoms with Crippen molar-refractivity contribution in [2.24, 2.45) is 10.8 Å². The van der Waals surface area contributed by atoms with Gasteiger partial charge in [-0.2, -0.15) is 0 Å². The Kier molecular flexibility index (Phi) is 5.25. The lowest BCUT2D eigenvalue weighted by atomic mass is 9.63. The molecule has 0 bridgehead atoms. The van der Waals surface area contributed by atoms with Gasteiger partial charge in [-0.25, -0.2) is 9.59 Å². The molecule has 6 nitrogen and oxygen atoms in total. The van der Waals surface area contributed by atoms with Crippen LogP contribution in [0, 0.1) is 10.8 Å². The van der Waals surface area contributed by atoms with Crippen molar-refractivity contribution in [2.75, 3.05) is 0 Å². The van der Waals surface area contributed by atoms with Gasteiger partial charge in [-0.15, -0.1) is 0 Å². The summed E-state index contributed by atoms with van der Waals surface area (Å²) in [6, 6.07) is -1.83. The Morgan fingerprint density at radius 3 is 2.00 bits per heavy atom. The molecule has 1 rings (SSSR count). The van der Waals surface area contributed by atoms with Gasteiger partial charge in [0.15, 0.2) is 6.04 Å². The summed E-state index contributed by atoms with van der Waals surface area (Å²) < 4.78 is 0. The minimum absolute atomic E-state index is 0.00666. The summed E-state index contributed by atoms with van der Waals surface area (Å²) in [6.07, 6.45) is 1.66. The number of amides is 2. The van der Waals surface area contributed by atoms with E-state index in [1.165, 1.54) is 6.92 Å². The van der Waals surface area contributed by atoms with Crippen LogP contribution in [0.5, 0.6) is 0 Å². The van der Waals surface area contributed by atoms with Gasteiger partial charge in [-0.05, 0) is 37.0 Å². The van der Waals surface area contributed by atoms with Gasteiger partial charge in [0, 0.05) is 6.04 Å². The average molecular weight is 300 g/mol. The summed E-state index contributed by atoms with van der Waals surface area (Å²) in [5.74, 6) is -1.25. The predicted octanol–water partition coefficient (Wildman–Crippen LogP) is 1.72.